The minimum atomic E-state index is -0.448. The van der Waals surface area contributed by atoms with Gasteiger partial charge in [0.15, 0.2) is 6.61 Å². The van der Waals surface area contributed by atoms with Crippen LogP contribution in [0.5, 0.6) is 0 Å². The van der Waals surface area contributed by atoms with Crippen LogP contribution in [0.1, 0.15) is 22.7 Å². The Balaban J connectivity index is 1.39. The highest BCUT2D eigenvalue weighted by Gasteiger charge is 2.12. The molecule has 0 saturated heterocycles. The van der Waals surface area contributed by atoms with Gasteiger partial charge >= 0.3 is 5.97 Å². The molecule has 0 bridgehead atoms. The quantitative estimate of drug-likeness (QED) is 0.649. The van der Waals surface area contributed by atoms with E-state index in [1.807, 2.05) is 22.2 Å². The van der Waals surface area contributed by atoms with E-state index < -0.39 is 5.97 Å². The summed E-state index contributed by atoms with van der Waals surface area (Å²) in [5, 5.41) is 13.9. The predicted octanol–water partition coefficient (Wildman–Crippen LogP) is 2.72. The van der Waals surface area contributed by atoms with Crippen LogP contribution in [0.2, 0.25) is 0 Å². The monoisotopic (exact) mass is 363 g/mol. The van der Waals surface area contributed by atoms with E-state index in [9.17, 15) is 9.59 Å². The summed E-state index contributed by atoms with van der Waals surface area (Å²) in [5.74, 6) is 0.0365. The van der Waals surface area contributed by atoms with Crippen molar-refractivity contribution in [2.45, 2.75) is 13.0 Å². The number of amides is 1. The second-order valence-corrected chi connectivity index (χ2v) is 6.26. The highest BCUT2D eigenvalue weighted by atomic mass is 32.1. The molecule has 0 radical (unpaired) electrons. The first kappa shape index (κ1) is 16.3. The number of carbonyl (C=O) groups excluding carboxylic acids is 2. The van der Waals surface area contributed by atoms with Gasteiger partial charge in [-0.1, -0.05) is 5.16 Å². The van der Waals surface area contributed by atoms with Crippen LogP contribution in [-0.2, 0) is 16.1 Å². The van der Waals surface area contributed by atoms with Crippen molar-refractivity contribution in [3.63, 3.8) is 0 Å². The smallest absolute Gasteiger partial charge is 0.308 e. The molecular weight excluding hydrogens is 350 g/mol. The Morgan fingerprint density at radius 3 is 2.79 bits per heavy atom. The summed E-state index contributed by atoms with van der Waals surface area (Å²) >= 11 is 2.97. The maximum atomic E-state index is 11.7. The van der Waals surface area contributed by atoms with Crippen LogP contribution >= 0.6 is 22.7 Å². The molecule has 0 unspecified atom stereocenters. The first-order valence-electron chi connectivity index (χ1n) is 7.03. The zero-order chi connectivity index (χ0) is 16.8. The normalized spacial score (nSPS) is 10.5. The summed E-state index contributed by atoms with van der Waals surface area (Å²) < 4.78 is 10.1. The Morgan fingerprint density at radius 1 is 1.21 bits per heavy atom. The van der Waals surface area contributed by atoms with Crippen LogP contribution in [0.15, 0.2) is 38.2 Å². The van der Waals surface area contributed by atoms with Crippen LogP contribution in [0.25, 0.3) is 11.4 Å². The molecule has 1 amide bonds. The van der Waals surface area contributed by atoms with Crippen LogP contribution in [0.3, 0.4) is 0 Å². The van der Waals surface area contributed by atoms with Crippen LogP contribution < -0.4 is 5.32 Å². The molecule has 9 heteroatoms. The number of ether oxygens (including phenoxy) is 1. The number of nitrogens with zero attached hydrogens (tertiary/aromatic N) is 2. The summed E-state index contributed by atoms with van der Waals surface area (Å²) in [6, 6.07) is 3.60. The van der Waals surface area contributed by atoms with Crippen molar-refractivity contribution in [2.75, 3.05) is 6.54 Å². The van der Waals surface area contributed by atoms with Crippen molar-refractivity contribution in [1.82, 2.24) is 15.5 Å². The second-order valence-electron chi connectivity index (χ2n) is 4.70. The van der Waals surface area contributed by atoms with E-state index in [2.05, 4.69) is 15.5 Å². The summed E-state index contributed by atoms with van der Waals surface area (Å²) in [4.78, 5) is 27.5. The number of carbonyl (C=O) groups is 2. The van der Waals surface area contributed by atoms with Crippen molar-refractivity contribution in [3.05, 3.63) is 45.1 Å². The summed E-state index contributed by atoms with van der Waals surface area (Å²) in [6.07, 6.45) is 0.0708. The van der Waals surface area contributed by atoms with Gasteiger partial charge in [0, 0.05) is 28.4 Å². The Hall–Kier alpha value is -2.52. The third kappa shape index (κ3) is 4.27. The fraction of sp³-hybridized carbons (Fsp3) is 0.200. The molecule has 124 valence electrons. The molecule has 0 spiro atoms. The maximum absolute atomic E-state index is 11.7. The fourth-order valence-electron chi connectivity index (χ4n) is 1.81. The number of hydrogen-bond donors (Lipinski definition) is 1. The number of esters is 1. The number of aromatic nitrogens is 2. The minimum absolute atomic E-state index is 0.0708. The van der Waals surface area contributed by atoms with E-state index in [1.54, 1.807) is 11.4 Å². The number of nitrogens with one attached hydrogen (secondary N) is 1. The molecule has 0 aromatic carbocycles. The number of rotatable bonds is 7. The maximum Gasteiger partial charge on any atom is 0.308 e. The predicted molar refractivity (Wildman–Crippen MR) is 88.7 cm³/mol. The van der Waals surface area contributed by atoms with Crippen molar-refractivity contribution in [2.24, 2.45) is 0 Å². The lowest BCUT2D eigenvalue weighted by molar-refractivity contribution is -0.145. The molecule has 0 aliphatic rings. The second kappa shape index (κ2) is 7.84. The van der Waals surface area contributed by atoms with Gasteiger partial charge < -0.3 is 14.6 Å². The highest BCUT2D eigenvalue weighted by molar-refractivity contribution is 7.08. The van der Waals surface area contributed by atoms with Gasteiger partial charge in [-0.25, -0.2) is 0 Å². The summed E-state index contributed by atoms with van der Waals surface area (Å²) in [5.41, 5.74) is 1.44. The van der Waals surface area contributed by atoms with Gasteiger partial charge in [-0.05, 0) is 22.9 Å². The van der Waals surface area contributed by atoms with Gasteiger partial charge in [-0.15, -0.1) is 0 Å². The van der Waals surface area contributed by atoms with E-state index in [1.165, 1.54) is 22.7 Å². The van der Waals surface area contributed by atoms with E-state index >= 15 is 0 Å². The Labute approximate surface area is 145 Å². The number of thiophene rings is 2. The SMILES string of the molecule is O=C(CCNC(=O)c1ccsc1)OCc1nc(-c2ccsc2)no1. The van der Waals surface area contributed by atoms with Gasteiger partial charge in [0.05, 0.1) is 6.42 Å². The molecular formula is C15H13N3O4S2. The molecule has 24 heavy (non-hydrogen) atoms. The molecule has 0 aliphatic carbocycles. The molecule has 3 rings (SSSR count). The van der Waals surface area contributed by atoms with E-state index in [0.717, 1.165) is 5.56 Å². The van der Waals surface area contributed by atoms with E-state index in [4.69, 9.17) is 9.26 Å². The minimum Gasteiger partial charge on any atom is -0.456 e. The van der Waals surface area contributed by atoms with E-state index in [0.29, 0.717) is 11.4 Å². The Bertz CT molecular complexity index is 797. The average Bonchev–Trinajstić information content (AvgIpc) is 3.34. The molecule has 0 fully saturated rings. The zero-order valence-electron chi connectivity index (χ0n) is 12.4. The largest absolute Gasteiger partial charge is 0.456 e. The molecule has 3 heterocycles. The van der Waals surface area contributed by atoms with Crippen molar-refractivity contribution in [3.8, 4) is 11.4 Å². The van der Waals surface area contributed by atoms with Crippen LogP contribution in [-0.4, -0.2) is 28.6 Å². The van der Waals surface area contributed by atoms with Gasteiger partial charge in [0.1, 0.15) is 0 Å². The fourth-order valence-corrected chi connectivity index (χ4v) is 3.08. The van der Waals surface area contributed by atoms with Gasteiger partial charge in [-0.2, -0.15) is 27.7 Å². The molecule has 0 aliphatic heterocycles. The molecule has 0 saturated carbocycles. The Morgan fingerprint density at radius 2 is 2.04 bits per heavy atom. The molecule has 7 nitrogen and oxygen atoms in total. The topological polar surface area (TPSA) is 94.3 Å². The highest BCUT2D eigenvalue weighted by Crippen LogP contribution is 2.18. The lowest BCUT2D eigenvalue weighted by Gasteiger charge is -2.03. The van der Waals surface area contributed by atoms with Gasteiger partial charge in [-0.3, -0.25) is 9.59 Å². The molecule has 3 aromatic rings. The average molecular weight is 363 g/mol. The summed E-state index contributed by atoms with van der Waals surface area (Å²) in [6.45, 7) is 0.117. The van der Waals surface area contributed by atoms with Crippen molar-refractivity contribution >= 4 is 34.6 Å². The Kier molecular flexibility index (Phi) is 5.34. The lowest BCUT2D eigenvalue weighted by Crippen LogP contribution is -2.26. The van der Waals surface area contributed by atoms with E-state index in [-0.39, 0.29) is 31.4 Å². The van der Waals surface area contributed by atoms with Crippen molar-refractivity contribution < 1.29 is 18.8 Å². The third-order valence-electron chi connectivity index (χ3n) is 3.00. The van der Waals surface area contributed by atoms with Gasteiger partial charge in [0.2, 0.25) is 5.82 Å². The van der Waals surface area contributed by atoms with Crippen molar-refractivity contribution in [1.29, 1.82) is 0 Å². The lowest BCUT2D eigenvalue weighted by atomic mass is 10.3. The van der Waals surface area contributed by atoms with Crippen LogP contribution in [0, 0.1) is 0 Å². The molecule has 1 N–H and O–H groups in total. The van der Waals surface area contributed by atoms with Crippen LogP contribution in [0.4, 0.5) is 0 Å². The first-order chi connectivity index (χ1) is 11.7. The third-order valence-corrected chi connectivity index (χ3v) is 4.37. The molecule has 0 atom stereocenters. The number of hydrogen-bond acceptors (Lipinski definition) is 8. The van der Waals surface area contributed by atoms with Gasteiger partial charge in [0.25, 0.3) is 11.8 Å². The zero-order valence-corrected chi connectivity index (χ0v) is 14.1. The molecule has 3 aromatic heterocycles. The summed E-state index contributed by atoms with van der Waals surface area (Å²) in [7, 11) is 0. The first-order valence-corrected chi connectivity index (χ1v) is 8.92. The standard InChI is InChI=1S/C15H13N3O4S2/c19-13(1-4-16-15(20)11-3-6-24-9-11)21-7-12-17-14(18-22-12)10-2-5-23-8-10/h2-3,5-6,8-9H,1,4,7H2,(H,16,20).